The number of methoxy groups -OCH3 is 1. The predicted octanol–water partition coefficient (Wildman–Crippen LogP) is 3.40. The topological polar surface area (TPSA) is 24.5 Å². The standard InChI is InChI=1S/C18H21FN2O.ClH/c1-22-18-8-3-2-5-15(18)13-21-10-9-20-12-17(21)14-6-4-7-16(19)11-14;/h2-8,11,17,20H,9-10,12-13H2,1H3;1H. The van der Waals surface area contributed by atoms with E-state index in [0.29, 0.717) is 0 Å². The molecule has 1 heterocycles. The fraction of sp³-hybridized carbons (Fsp3) is 0.333. The molecule has 1 aliphatic rings. The predicted molar refractivity (Wildman–Crippen MR) is 92.7 cm³/mol. The van der Waals surface area contributed by atoms with Crippen LogP contribution in [0.4, 0.5) is 4.39 Å². The number of hydrogen-bond acceptors (Lipinski definition) is 3. The zero-order valence-corrected chi connectivity index (χ0v) is 14.0. The zero-order chi connectivity index (χ0) is 15.4. The van der Waals surface area contributed by atoms with Crippen molar-refractivity contribution < 1.29 is 9.13 Å². The van der Waals surface area contributed by atoms with Crippen molar-refractivity contribution in [1.29, 1.82) is 0 Å². The van der Waals surface area contributed by atoms with E-state index in [1.165, 1.54) is 6.07 Å². The second kappa shape index (κ2) is 8.29. The van der Waals surface area contributed by atoms with Gasteiger partial charge in [-0.2, -0.15) is 0 Å². The van der Waals surface area contributed by atoms with Crippen LogP contribution >= 0.6 is 12.4 Å². The van der Waals surface area contributed by atoms with E-state index < -0.39 is 0 Å². The highest BCUT2D eigenvalue weighted by Crippen LogP contribution is 2.27. The van der Waals surface area contributed by atoms with E-state index in [4.69, 9.17) is 4.74 Å². The zero-order valence-electron chi connectivity index (χ0n) is 13.2. The molecule has 0 spiro atoms. The molecule has 1 saturated heterocycles. The van der Waals surface area contributed by atoms with Gasteiger partial charge < -0.3 is 10.1 Å². The molecule has 3 nitrogen and oxygen atoms in total. The maximum absolute atomic E-state index is 13.5. The molecule has 0 radical (unpaired) electrons. The summed E-state index contributed by atoms with van der Waals surface area (Å²) in [5, 5.41) is 3.40. The van der Waals surface area contributed by atoms with Crippen LogP contribution in [0.25, 0.3) is 0 Å². The second-order valence-corrected chi connectivity index (χ2v) is 5.56. The Kier molecular flexibility index (Phi) is 6.39. The fourth-order valence-electron chi connectivity index (χ4n) is 3.03. The van der Waals surface area contributed by atoms with Gasteiger partial charge in [0, 0.05) is 37.8 Å². The normalized spacial score (nSPS) is 18.3. The van der Waals surface area contributed by atoms with E-state index in [2.05, 4.69) is 16.3 Å². The van der Waals surface area contributed by atoms with Crippen LogP contribution in [0, 0.1) is 5.82 Å². The average molecular weight is 337 g/mol. The molecule has 23 heavy (non-hydrogen) atoms. The van der Waals surface area contributed by atoms with E-state index in [0.717, 1.165) is 43.1 Å². The highest BCUT2D eigenvalue weighted by Gasteiger charge is 2.24. The Morgan fingerprint density at radius 3 is 2.83 bits per heavy atom. The first-order valence-electron chi connectivity index (χ1n) is 7.60. The van der Waals surface area contributed by atoms with Crippen molar-refractivity contribution in [3.63, 3.8) is 0 Å². The Labute approximate surface area is 142 Å². The molecule has 1 N–H and O–H groups in total. The SMILES string of the molecule is COc1ccccc1CN1CCNCC1c1cccc(F)c1.Cl. The summed E-state index contributed by atoms with van der Waals surface area (Å²) in [5.41, 5.74) is 2.18. The van der Waals surface area contributed by atoms with Gasteiger partial charge >= 0.3 is 0 Å². The molecule has 124 valence electrons. The Hall–Kier alpha value is -1.62. The van der Waals surface area contributed by atoms with Crippen LogP contribution in [0.5, 0.6) is 5.75 Å². The summed E-state index contributed by atoms with van der Waals surface area (Å²) in [7, 11) is 1.70. The highest BCUT2D eigenvalue weighted by atomic mass is 35.5. The van der Waals surface area contributed by atoms with Gasteiger partial charge in [-0.1, -0.05) is 30.3 Å². The summed E-state index contributed by atoms with van der Waals surface area (Å²) in [4.78, 5) is 2.38. The Morgan fingerprint density at radius 1 is 1.22 bits per heavy atom. The lowest BCUT2D eigenvalue weighted by Crippen LogP contribution is -2.45. The van der Waals surface area contributed by atoms with Gasteiger partial charge in [-0.3, -0.25) is 4.90 Å². The molecule has 0 bridgehead atoms. The van der Waals surface area contributed by atoms with E-state index in [1.54, 1.807) is 19.2 Å². The smallest absolute Gasteiger partial charge is 0.123 e. The van der Waals surface area contributed by atoms with Crippen molar-refractivity contribution >= 4 is 12.4 Å². The van der Waals surface area contributed by atoms with Crippen molar-refractivity contribution in [3.05, 3.63) is 65.5 Å². The van der Waals surface area contributed by atoms with Crippen molar-refractivity contribution in [2.45, 2.75) is 12.6 Å². The third kappa shape index (κ3) is 4.22. The van der Waals surface area contributed by atoms with Gasteiger partial charge in [-0.05, 0) is 23.8 Å². The number of hydrogen-bond donors (Lipinski definition) is 1. The van der Waals surface area contributed by atoms with Crippen LogP contribution < -0.4 is 10.1 Å². The number of piperazine rings is 1. The lowest BCUT2D eigenvalue weighted by atomic mass is 10.0. The third-order valence-electron chi connectivity index (χ3n) is 4.15. The first-order valence-corrected chi connectivity index (χ1v) is 7.60. The summed E-state index contributed by atoms with van der Waals surface area (Å²) in [5.74, 6) is 0.722. The average Bonchev–Trinajstić information content (AvgIpc) is 2.56. The second-order valence-electron chi connectivity index (χ2n) is 5.56. The molecule has 2 aromatic carbocycles. The molecule has 1 fully saturated rings. The van der Waals surface area contributed by atoms with Gasteiger partial charge in [0.15, 0.2) is 0 Å². The molecule has 3 rings (SSSR count). The van der Waals surface area contributed by atoms with Crippen LogP contribution in [0.3, 0.4) is 0 Å². The molecule has 0 saturated carbocycles. The quantitative estimate of drug-likeness (QED) is 0.926. The Balaban J connectivity index is 0.00000192. The van der Waals surface area contributed by atoms with Gasteiger partial charge in [0.2, 0.25) is 0 Å². The Bertz CT molecular complexity index is 638. The van der Waals surface area contributed by atoms with Crippen LogP contribution in [-0.4, -0.2) is 31.6 Å². The van der Waals surface area contributed by atoms with Crippen LogP contribution in [0.15, 0.2) is 48.5 Å². The molecule has 1 aliphatic heterocycles. The molecular weight excluding hydrogens is 315 g/mol. The number of halogens is 2. The van der Waals surface area contributed by atoms with Gasteiger partial charge in [0.05, 0.1) is 7.11 Å². The van der Waals surface area contributed by atoms with Crippen LogP contribution in [0.1, 0.15) is 17.2 Å². The molecule has 1 atom stereocenters. The lowest BCUT2D eigenvalue weighted by molar-refractivity contribution is 0.152. The number of nitrogens with zero attached hydrogens (tertiary/aromatic N) is 1. The first-order chi connectivity index (χ1) is 10.8. The summed E-state index contributed by atoms with van der Waals surface area (Å²) in [6, 6.07) is 15.1. The van der Waals surface area contributed by atoms with Gasteiger partial charge in [-0.25, -0.2) is 4.39 Å². The van der Waals surface area contributed by atoms with E-state index >= 15 is 0 Å². The molecule has 1 unspecified atom stereocenters. The molecule has 5 heteroatoms. The molecule has 2 aromatic rings. The van der Waals surface area contributed by atoms with Crippen LogP contribution in [-0.2, 0) is 6.54 Å². The number of ether oxygens (including phenoxy) is 1. The third-order valence-corrected chi connectivity index (χ3v) is 4.15. The summed E-state index contributed by atoms with van der Waals surface area (Å²) in [6.45, 7) is 3.51. The lowest BCUT2D eigenvalue weighted by Gasteiger charge is -2.36. The van der Waals surface area contributed by atoms with Crippen molar-refractivity contribution in [2.24, 2.45) is 0 Å². The maximum atomic E-state index is 13.5. The molecule has 0 aliphatic carbocycles. The largest absolute Gasteiger partial charge is 0.496 e. The van der Waals surface area contributed by atoms with Gasteiger partial charge in [0.25, 0.3) is 0 Å². The van der Waals surface area contributed by atoms with Gasteiger partial charge in [-0.15, -0.1) is 12.4 Å². The summed E-state index contributed by atoms with van der Waals surface area (Å²) >= 11 is 0. The first kappa shape index (κ1) is 17.7. The summed E-state index contributed by atoms with van der Waals surface area (Å²) in [6.07, 6.45) is 0. The number of para-hydroxylation sites is 1. The monoisotopic (exact) mass is 336 g/mol. The van der Waals surface area contributed by atoms with E-state index in [9.17, 15) is 4.39 Å². The minimum absolute atomic E-state index is 0. The van der Waals surface area contributed by atoms with E-state index in [1.807, 2.05) is 24.3 Å². The minimum atomic E-state index is -0.180. The maximum Gasteiger partial charge on any atom is 0.123 e. The fourth-order valence-corrected chi connectivity index (χ4v) is 3.03. The van der Waals surface area contributed by atoms with E-state index in [-0.39, 0.29) is 24.3 Å². The number of benzene rings is 2. The van der Waals surface area contributed by atoms with Crippen LogP contribution in [0.2, 0.25) is 0 Å². The summed E-state index contributed by atoms with van der Waals surface area (Å²) < 4.78 is 19.0. The van der Waals surface area contributed by atoms with Crippen molar-refractivity contribution in [1.82, 2.24) is 10.2 Å². The molecule has 0 aromatic heterocycles. The van der Waals surface area contributed by atoms with Gasteiger partial charge in [0.1, 0.15) is 11.6 Å². The Morgan fingerprint density at radius 2 is 2.04 bits per heavy atom. The number of rotatable bonds is 4. The molecule has 0 amide bonds. The number of nitrogens with one attached hydrogen (secondary N) is 1. The minimum Gasteiger partial charge on any atom is -0.496 e. The molecular formula is C18H22ClFN2O. The highest BCUT2D eigenvalue weighted by molar-refractivity contribution is 5.85. The van der Waals surface area contributed by atoms with Crippen molar-refractivity contribution in [2.75, 3.05) is 26.7 Å². The van der Waals surface area contributed by atoms with Crippen molar-refractivity contribution in [3.8, 4) is 5.75 Å².